The summed E-state index contributed by atoms with van der Waals surface area (Å²) in [5, 5.41) is 3.04. The van der Waals surface area contributed by atoms with Crippen molar-refractivity contribution in [3.05, 3.63) is 79.8 Å². The van der Waals surface area contributed by atoms with Crippen molar-refractivity contribution in [2.75, 3.05) is 0 Å². The molecule has 0 aromatic heterocycles. The Labute approximate surface area is 234 Å². The predicted octanol–water partition coefficient (Wildman–Crippen LogP) is 9.81. The highest BCUT2D eigenvalue weighted by Gasteiger charge is 2.52. The fourth-order valence-corrected chi connectivity index (χ4v) is 7.78. The van der Waals surface area contributed by atoms with Crippen molar-refractivity contribution in [2.45, 2.75) is 132 Å². The van der Waals surface area contributed by atoms with Crippen molar-refractivity contribution >= 4 is 11.6 Å². The predicted molar refractivity (Wildman–Crippen MR) is 169 cm³/mol. The maximum Gasteiger partial charge on any atom is 0.0225 e. The molecule has 206 valence electrons. The maximum absolute atomic E-state index is 2.63. The molecule has 0 fully saturated rings. The van der Waals surface area contributed by atoms with Crippen LogP contribution in [-0.2, 0) is 11.8 Å². The van der Waals surface area contributed by atoms with Gasteiger partial charge in [-0.2, -0.15) is 0 Å². The topological polar surface area (TPSA) is 0 Å². The zero-order valence-electron chi connectivity index (χ0n) is 26.3. The summed E-state index contributed by atoms with van der Waals surface area (Å²) >= 11 is 0. The summed E-state index contributed by atoms with van der Waals surface area (Å²) in [4.78, 5) is 0. The normalized spacial score (nSPS) is 21.2. The zero-order valence-corrected chi connectivity index (χ0v) is 26.3. The molecular formula is C38H54. The standard InChI is InChI=1S/C38H54/c1-11-17-27-23-29(36(5,6)7)24-28-25-31-34(33(27)28)30(18-12-2)32(19-13-3)38(22-14-4,37(8,9)10)35(31)26-20-15-16-21-26/h15-16,20,23-25H,11-14,17-19,21-22H2,1-10H3. The highest BCUT2D eigenvalue weighted by atomic mass is 14.6. The molecule has 3 aliphatic carbocycles. The van der Waals surface area contributed by atoms with E-state index in [9.17, 15) is 0 Å². The zero-order chi connectivity index (χ0) is 27.9. The Bertz CT molecular complexity index is 1320. The minimum Gasteiger partial charge on any atom is -0.0801 e. The molecule has 0 N–H and O–H groups in total. The fraction of sp³-hybridized carbons (Fsp3) is 0.579. The summed E-state index contributed by atoms with van der Waals surface area (Å²) in [6, 6.07) is 5.09. The van der Waals surface area contributed by atoms with Crippen molar-refractivity contribution in [2.24, 2.45) is 10.8 Å². The third kappa shape index (κ3) is 4.65. The molecule has 3 aliphatic rings. The Morgan fingerprint density at radius 3 is 2.03 bits per heavy atom. The van der Waals surface area contributed by atoms with Crippen molar-refractivity contribution in [3.8, 4) is 0 Å². The van der Waals surface area contributed by atoms with E-state index in [-0.39, 0.29) is 16.2 Å². The third-order valence-corrected chi connectivity index (χ3v) is 9.33. The first kappa shape index (κ1) is 28.9. The van der Waals surface area contributed by atoms with E-state index in [4.69, 9.17) is 0 Å². The largest absolute Gasteiger partial charge is 0.0801 e. The molecule has 1 atom stereocenters. The molecule has 1 aromatic rings. The van der Waals surface area contributed by atoms with E-state index in [0.29, 0.717) is 0 Å². The first-order valence-electron chi connectivity index (χ1n) is 15.7. The molecule has 0 nitrogen and oxygen atoms in total. The molecule has 0 amide bonds. The van der Waals surface area contributed by atoms with Gasteiger partial charge >= 0.3 is 0 Å². The van der Waals surface area contributed by atoms with Gasteiger partial charge in [0.15, 0.2) is 0 Å². The summed E-state index contributed by atoms with van der Waals surface area (Å²) in [6.45, 7) is 24.2. The van der Waals surface area contributed by atoms with Crippen LogP contribution in [0.3, 0.4) is 0 Å². The van der Waals surface area contributed by atoms with Gasteiger partial charge in [0, 0.05) is 5.41 Å². The van der Waals surface area contributed by atoms with Gasteiger partial charge < -0.3 is 0 Å². The minimum absolute atomic E-state index is 0.0648. The van der Waals surface area contributed by atoms with Crippen LogP contribution in [0, 0.1) is 10.8 Å². The Kier molecular flexibility index (Phi) is 8.24. The van der Waals surface area contributed by atoms with Gasteiger partial charge in [0.25, 0.3) is 0 Å². The molecule has 0 saturated carbocycles. The molecule has 0 aliphatic heterocycles. The molecule has 0 radical (unpaired) electrons. The third-order valence-electron chi connectivity index (χ3n) is 9.33. The van der Waals surface area contributed by atoms with Crippen molar-refractivity contribution in [1.82, 2.24) is 0 Å². The second-order valence-corrected chi connectivity index (χ2v) is 14.1. The summed E-state index contributed by atoms with van der Waals surface area (Å²) in [6.07, 6.45) is 20.4. The lowest BCUT2D eigenvalue weighted by atomic mass is 9.50. The number of aryl methyl sites for hydroxylation is 1. The van der Waals surface area contributed by atoms with E-state index in [1.54, 1.807) is 44.2 Å². The first-order valence-corrected chi connectivity index (χ1v) is 15.7. The Hall–Kier alpha value is -2.08. The van der Waals surface area contributed by atoms with Crippen molar-refractivity contribution < 1.29 is 0 Å². The van der Waals surface area contributed by atoms with Gasteiger partial charge in [-0.15, -0.1) is 0 Å². The van der Waals surface area contributed by atoms with Gasteiger partial charge in [-0.05, 0) is 98.4 Å². The quantitative estimate of drug-likeness (QED) is 0.310. The van der Waals surface area contributed by atoms with Crippen molar-refractivity contribution in [3.63, 3.8) is 0 Å². The van der Waals surface area contributed by atoms with Crippen LogP contribution in [0.1, 0.15) is 132 Å². The molecule has 0 spiro atoms. The maximum atomic E-state index is 2.63. The number of rotatable bonds is 9. The van der Waals surface area contributed by atoms with E-state index in [1.165, 1.54) is 55.7 Å². The van der Waals surface area contributed by atoms with E-state index >= 15 is 0 Å². The van der Waals surface area contributed by atoms with Crippen LogP contribution in [-0.4, -0.2) is 0 Å². The van der Waals surface area contributed by atoms with Crippen LogP contribution in [0.4, 0.5) is 0 Å². The molecule has 0 heteroatoms. The van der Waals surface area contributed by atoms with Gasteiger partial charge in [-0.3, -0.25) is 0 Å². The van der Waals surface area contributed by atoms with Gasteiger partial charge in [-0.25, -0.2) is 0 Å². The van der Waals surface area contributed by atoms with Gasteiger partial charge in [0.2, 0.25) is 0 Å². The molecule has 38 heavy (non-hydrogen) atoms. The molecule has 4 rings (SSSR count). The average molecular weight is 511 g/mol. The van der Waals surface area contributed by atoms with Gasteiger partial charge in [0.1, 0.15) is 0 Å². The summed E-state index contributed by atoms with van der Waals surface area (Å²) in [5.74, 6) is 0. The lowest BCUT2D eigenvalue weighted by molar-refractivity contribution is 0.153. The van der Waals surface area contributed by atoms with Gasteiger partial charge in [-0.1, -0.05) is 131 Å². The lowest BCUT2D eigenvalue weighted by Crippen LogP contribution is -2.43. The number of fused-ring (bicyclic) bond motifs is 2. The molecule has 0 heterocycles. The van der Waals surface area contributed by atoms with E-state index < -0.39 is 0 Å². The van der Waals surface area contributed by atoms with Crippen LogP contribution in [0.2, 0.25) is 0 Å². The molecule has 1 aromatic carbocycles. The van der Waals surface area contributed by atoms with E-state index in [0.717, 1.165) is 12.8 Å². The summed E-state index contributed by atoms with van der Waals surface area (Å²) < 4.78 is 0. The van der Waals surface area contributed by atoms with Crippen LogP contribution in [0.5, 0.6) is 0 Å². The first-order chi connectivity index (χ1) is 18.0. The molecule has 0 bridgehead atoms. The number of hydrogen-bond acceptors (Lipinski definition) is 0. The summed E-state index contributed by atoms with van der Waals surface area (Å²) in [5.41, 5.74) is 13.2. The van der Waals surface area contributed by atoms with Crippen LogP contribution < -0.4 is 10.4 Å². The van der Waals surface area contributed by atoms with Crippen LogP contribution in [0.25, 0.3) is 11.6 Å². The van der Waals surface area contributed by atoms with Crippen molar-refractivity contribution in [1.29, 1.82) is 0 Å². The minimum atomic E-state index is 0.0648. The highest BCUT2D eigenvalue weighted by Crippen LogP contribution is 2.63. The molecular weight excluding hydrogens is 456 g/mol. The summed E-state index contributed by atoms with van der Waals surface area (Å²) in [7, 11) is 0. The lowest BCUT2D eigenvalue weighted by Gasteiger charge is -2.53. The molecule has 1 unspecified atom stereocenters. The van der Waals surface area contributed by atoms with Gasteiger partial charge in [0.05, 0.1) is 0 Å². The fourth-order valence-electron chi connectivity index (χ4n) is 7.78. The smallest absolute Gasteiger partial charge is 0.0225 e. The second-order valence-electron chi connectivity index (χ2n) is 14.1. The average Bonchev–Trinajstić information content (AvgIpc) is 3.48. The molecule has 0 saturated heterocycles. The Morgan fingerprint density at radius 1 is 0.816 bits per heavy atom. The van der Waals surface area contributed by atoms with E-state index in [1.807, 2.05) is 0 Å². The SMILES string of the molecule is CCCC1=C(CCC)C(CCC)(C(C)(C)C)C(C2=CC=CC2)=C2C=c3cc(C(C)(C)C)cc(CCC)c3=C21. The van der Waals surface area contributed by atoms with E-state index in [2.05, 4.69) is 106 Å². The number of hydrogen-bond donors (Lipinski definition) is 0. The second kappa shape index (κ2) is 10.8. The number of benzene rings is 1. The monoisotopic (exact) mass is 510 g/mol. The Morgan fingerprint density at radius 2 is 1.50 bits per heavy atom. The van der Waals surface area contributed by atoms with Crippen LogP contribution >= 0.6 is 0 Å². The highest BCUT2D eigenvalue weighted by molar-refractivity contribution is 5.96. The Balaban J connectivity index is 2.28. The number of allylic oxidation sites excluding steroid dienone is 8. The van der Waals surface area contributed by atoms with Crippen LogP contribution in [0.15, 0.2) is 58.2 Å².